The van der Waals surface area contributed by atoms with E-state index in [9.17, 15) is 4.79 Å². The number of nitrogens with zero attached hydrogens (tertiary/aromatic N) is 3. The molecular formula is C17H20ClN3O3. The van der Waals surface area contributed by atoms with Gasteiger partial charge in [0, 0.05) is 12.1 Å². The lowest BCUT2D eigenvalue weighted by atomic mass is 10.2. The molecule has 128 valence electrons. The third-order valence-electron chi connectivity index (χ3n) is 3.72. The number of rotatable bonds is 2. The summed E-state index contributed by atoms with van der Waals surface area (Å²) in [6.45, 7) is 6.15. The third kappa shape index (κ3) is 3.53. The van der Waals surface area contributed by atoms with Crippen LogP contribution in [0.3, 0.4) is 0 Å². The van der Waals surface area contributed by atoms with Gasteiger partial charge in [-0.25, -0.2) is 4.79 Å². The van der Waals surface area contributed by atoms with Crippen LogP contribution in [-0.2, 0) is 4.74 Å². The molecule has 1 aliphatic rings. The van der Waals surface area contributed by atoms with Crippen LogP contribution in [0.15, 0.2) is 28.8 Å². The average Bonchev–Trinajstić information content (AvgIpc) is 3.14. The molecule has 6 nitrogen and oxygen atoms in total. The summed E-state index contributed by atoms with van der Waals surface area (Å²) in [5.41, 5.74) is 0.165. The Morgan fingerprint density at radius 1 is 1.38 bits per heavy atom. The number of benzene rings is 1. The van der Waals surface area contributed by atoms with E-state index in [0.717, 1.165) is 12.8 Å². The van der Waals surface area contributed by atoms with E-state index in [2.05, 4.69) is 10.1 Å². The van der Waals surface area contributed by atoms with E-state index < -0.39 is 5.60 Å². The lowest BCUT2D eigenvalue weighted by Gasteiger charge is -2.26. The molecular weight excluding hydrogens is 330 g/mol. The Kier molecular flexibility index (Phi) is 4.49. The van der Waals surface area contributed by atoms with Crippen LogP contribution in [0.5, 0.6) is 0 Å². The molecule has 0 N–H and O–H groups in total. The Balaban J connectivity index is 1.81. The molecule has 1 aromatic carbocycles. The Labute approximate surface area is 145 Å². The van der Waals surface area contributed by atoms with E-state index in [1.54, 1.807) is 11.0 Å². The Hall–Kier alpha value is -2.08. The smallest absolute Gasteiger partial charge is 0.410 e. The van der Waals surface area contributed by atoms with Gasteiger partial charge in [-0.1, -0.05) is 28.9 Å². The molecule has 0 spiro atoms. The van der Waals surface area contributed by atoms with Crippen molar-refractivity contribution in [2.24, 2.45) is 0 Å². The van der Waals surface area contributed by atoms with Crippen molar-refractivity contribution in [1.82, 2.24) is 15.0 Å². The van der Waals surface area contributed by atoms with Gasteiger partial charge in [0.2, 0.25) is 11.7 Å². The highest BCUT2D eigenvalue weighted by Gasteiger charge is 2.36. The first-order valence-electron chi connectivity index (χ1n) is 7.93. The van der Waals surface area contributed by atoms with Gasteiger partial charge in [-0.2, -0.15) is 4.98 Å². The van der Waals surface area contributed by atoms with Crippen LogP contribution in [0.4, 0.5) is 4.79 Å². The minimum Gasteiger partial charge on any atom is -0.444 e. The molecule has 1 saturated heterocycles. The molecule has 1 aromatic heterocycles. The zero-order chi connectivity index (χ0) is 17.3. The normalized spacial score (nSPS) is 18.0. The number of carbonyl (C=O) groups excluding carboxylic acids is 1. The summed E-state index contributed by atoms with van der Waals surface area (Å²) in [6.07, 6.45) is 1.28. The van der Waals surface area contributed by atoms with Crippen molar-refractivity contribution in [3.63, 3.8) is 0 Å². The predicted octanol–water partition coefficient (Wildman–Crippen LogP) is 4.46. The van der Waals surface area contributed by atoms with Crippen molar-refractivity contribution in [1.29, 1.82) is 0 Å². The number of hydrogen-bond donors (Lipinski definition) is 0. The maximum absolute atomic E-state index is 12.4. The van der Waals surface area contributed by atoms with Crippen LogP contribution in [-0.4, -0.2) is 33.3 Å². The summed E-state index contributed by atoms with van der Waals surface area (Å²) < 4.78 is 10.9. The van der Waals surface area contributed by atoms with Crippen LogP contribution in [0, 0.1) is 0 Å². The van der Waals surface area contributed by atoms with Crippen molar-refractivity contribution in [2.75, 3.05) is 6.54 Å². The molecule has 1 fully saturated rings. The van der Waals surface area contributed by atoms with Crippen LogP contribution in [0.2, 0.25) is 5.02 Å². The number of halogens is 1. The molecule has 0 aliphatic carbocycles. The number of carbonyl (C=O) groups is 1. The SMILES string of the molecule is CC(C)(C)OC(=O)N1CCC[C@H]1c1nc(-c2ccccc2Cl)no1. The molecule has 7 heteroatoms. The minimum atomic E-state index is -0.540. The van der Waals surface area contributed by atoms with Crippen molar-refractivity contribution in [3.8, 4) is 11.4 Å². The van der Waals surface area contributed by atoms with Gasteiger partial charge in [0.05, 0.1) is 5.02 Å². The lowest BCUT2D eigenvalue weighted by molar-refractivity contribution is 0.0199. The second-order valence-corrected chi connectivity index (χ2v) is 7.18. The molecule has 0 radical (unpaired) electrons. The Morgan fingerprint density at radius 3 is 2.83 bits per heavy atom. The fourth-order valence-electron chi connectivity index (χ4n) is 2.69. The van der Waals surface area contributed by atoms with Crippen LogP contribution >= 0.6 is 11.6 Å². The summed E-state index contributed by atoms with van der Waals surface area (Å²) in [5, 5.41) is 4.57. The van der Waals surface area contributed by atoms with E-state index in [1.165, 1.54) is 0 Å². The van der Waals surface area contributed by atoms with Crippen molar-refractivity contribution in [2.45, 2.75) is 45.3 Å². The topological polar surface area (TPSA) is 68.5 Å². The molecule has 1 aliphatic heterocycles. The standard InChI is InChI=1S/C17H20ClN3O3/c1-17(2,3)23-16(22)21-10-6-9-13(21)15-19-14(20-24-15)11-7-4-5-8-12(11)18/h4-5,7-8,13H,6,9-10H2,1-3H3/t13-/m0/s1. The van der Waals surface area contributed by atoms with Crippen molar-refractivity contribution in [3.05, 3.63) is 35.2 Å². The number of amides is 1. The summed E-state index contributed by atoms with van der Waals surface area (Å²) in [6, 6.07) is 7.05. The van der Waals surface area contributed by atoms with E-state index in [1.807, 2.05) is 39.0 Å². The van der Waals surface area contributed by atoms with Crippen molar-refractivity contribution >= 4 is 17.7 Å². The van der Waals surface area contributed by atoms with Crippen LogP contribution in [0.25, 0.3) is 11.4 Å². The summed E-state index contributed by atoms with van der Waals surface area (Å²) in [5.74, 6) is 0.833. The van der Waals surface area contributed by atoms with Gasteiger partial charge in [0.1, 0.15) is 11.6 Å². The number of hydrogen-bond acceptors (Lipinski definition) is 5. The molecule has 0 unspecified atom stereocenters. The van der Waals surface area contributed by atoms with Gasteiger partial charge in [0.15, 0.2) is 0 Å². The summed E-state index contributed by atoms with van der Waals surface area (Å²) in [7, 11) is 0. The second kappa shape index (κ2) is 6.43. The van der Waals surface area contributed by atoms with Gasteiger partial charge in [0.25, 0.3) is 0 Å². The van der Waals surface area contributed by atoms with E-state index in [0.29, 0.717) is 28.8 Å². The summed E-state index contributed by atoms with van der Waals surface area (Å²) in [4.78, 5) is 18.5. The van der Waals surface area contributed by atoms with E-state index in [-0.39, 0.29) is 12.1 Å². The van der Waals surface area contributed by atoms with Crippen molar-refractivity contribution < 1.29 is 14.1 Å². The number of aromatic nitrogens is 2. The fourth-order valence-corrected chi connectivity index (χ4v) is 2.91. The van der Waals surface area contributed by atoms with Crippen LogP contribution in [0.1, 0.15) is 45.5 Å². The minimum absolute atomic E-state index is 0.261. The second-order valence-electron chi connectivity index (χ2n) is 6.77. The lowest BCUT2D eigenvalue weighted by Crippen LogP contribution is -2.36. The zero-order valence-electron chi connectivity index (χ0n) is 14.0. The molecule has 3 rings (SSSR count). The first kappa shape index (κ1) is 16.8. The highest BCUT2D eigenvalue weighted by Crippen LogP contribution is 2.34. The Morgan fingerprint density at radius 2 is 2.12 bits per heavy atom. The first-order valence-corrected chi connectivity index (χ1v) is 8.31. The predicted molar refractivity (Wildman–Crippen MR) is 89.7 cm³/mol. The van der Waals surface area contributed by atoms with Gasteiger partial charge in [-0.3, -0.25) is 4.90 Å². The van der Waals surface area contributed by atoms with Gasteiger partial charge >= 0.3 is 6.09 Å². The highest BCUT2D eigenvalue weighted by molar-refractivity contribution is 6.33. The van der Waals surface area contributed by atoms with Crippen LogP contribution < -0.4 is 0 Å². The highest BCUT2D eigenvalue weighted by atomic mass is 35.5. The third-order valence-corrected chi connectivity index (χ3v) is 4.05. The molecule has 1 atom stereocenters. The van der Waals surface area contributed by atoms with E-state index >= 15 is 0 Å². The van der Waals surface area contributed by atoms with E-state index in [4.69, 9.17) is 20.9 Å². The molecule has 24 heavy (non-hydrogen) atoms. The Bertz CT molecular complexity index is 739. The maximum Gasteiger partial charge on any atom is 0.410 e. The van der Waals surface area contributed by atoms with Gasteiger partial charge in [-0.05, 0) is 45.7 Å². The average molecular weight is 350 g/mol. The number of likely N-dealkylation sites (tertiary alicyclic amines) is 1. The zero-order valence-corrected chi connectivity index (χ0v) is 14.7. The maximum atomic E-state index is 12.4. The number of ether oxygens (including phenoxy) is 1. The van der Waals surface area contributed by atoms with Gasteiger partial charge < -0.3 is 9.26 Å². The largest absolute Gasteiger partial charge is 0.444 e. The quantitative estimate of drug-likeness (QED) is 0.800. The first-order chi connectivity index (χ1) is 11.3. The molecule has 2 heterocycles. The molecule has 1 amide bonds. The fraction of sp³-hybridized carbons (Fsp3) is 0.471. The molecule has 0 saturated carbocycles. The van der Waals surface area contributed by atoms with Gasteiger partial charge in [-0.15, -0.1) is 0 Å². The summed E-state index contributed by atoms with van der Waals surface area (Å²) >= 11 is 6.17. The molecule has 0 bridgehead atoms. The molecule has 2 aromatic rings. The monoisotopic (exact) mass is 349 g/mol.